The summed E-state index contributed by atoms with van der Waals surface area (Å²) in [4.78, 5) is 36.2. The predicted molar refractivity (Wildman–Crippen MR) is 85.3 cm³/mol. The van der Waals surface area contributed by atoms with E-state index in [9.17, 15) is 31.9 Å². The molecule has 26 heavy (non-hydrogen) atoms. The highest BCUT2D eigenvalue weighted by Gasteiger charge is 2.35. The summed E-state index contributed by atoms with van der Waals surface area (Å²) in [5, 5.41) is 2.12. The van der Waals surface area contributed by atoms with Gasteiger partial charge in [-0.25, -0.2) is 13.8 Å². The quantitative estimate of drug-likeness (QED) is 0.812. The Balaban J connectivity index is 2.80. The number of nitrogens with zero attached hydrogens (tertiary/aromatic N) is 2. The Morgan fingerprint density at radius 3 is 2.38 bits per heavy atom. The summed E-state index contributed by atoms with van der Waals surface area (Å²) in [5.41, 5.74) is -5.23. The molecule has 0 atom stereocenters. The normalized spacial score (nSPS) is 11.5. The van der Waals surface area contributed by atoms with Gasteiger partial charge >= 0.3 is 11.9 Å². The second-order valence-corrected chi connectivity index (χ2v) is 5.59. The molecular formula is C15H12ClF4N3O3. The van der Waals surface area contributed by atoms with Gasteiger partial charge in [-0.2, -0.15) is 13.2 Å². The largest absolute Gasteiger partial charge is 0.431 e. The van der Waals surface area contributed by atoms with Crippen LogP contribution in [0.1, 0.15) is 23.0 Å². The molecule has 1 N–H and O–H groups in total. The van der Waals surface area contributed by atoms with Crippen LogP contribution in [0.3, 0.4) is 0 Å². The van der Waals surface area contributed by atoms with Gasteiger partial charge in [-0.05, 0) is 19.1 Å². The number of alkyl halides is 3. The number of rotatable bonds is 3. The number of amides is 1. The number of benzene rings is 1. The van der Waals surface area contributed by atoms with Gasteiger partial charge in [0.05, 0.1) is 16.3 Å². The zero-order valence-corrected chi connectivity index (χ0v) is 14.2. The van der Waals surface area contributed by atoms with E-state index in [2.05, 4.69) is 5.32 Å². The first kappa shape index (κ1) is 19.7. The summed E-state index contributed by atoms with van der Waals surface area (Å²) >= 11 is 5.80. The number of halogens is 5. The van der Waals surface area contributed by atoms with Gasteiger partial charge in [0.25, 0.3) is 11.5 Å². The molecule has 0 aliphatic rings. The number of hydrogen-bond donors (Lipinski definition) is 1. The van der Waals surface area contributed by atoms with Crippen LogP contribution in [0.15, 0.2) is 27.8 Å². The minimum Gasteiger partial charge on any atom is -0.352 e. The second kappa shape index (κ2) is 6.94. The Labute approximate surface area is 148 Å². The zero-order valence-electron chi connectivity index (χ0n) is 13.4. The van der Waals surface area contributed by atoms with E-state index < -0.39 is 40.5 Å². The maximum Gasteiger partial charge on any atom is 0.431 e. The lowest BCUT2D eigenvalue weighted by Gasteiger charge is -2.15. The molecule has 0 aliphatic carbocycles. The number of aromatic nitrogens is 2. The van der Waals surface area contributed by atoms with Gasteiger partial charge in [0.2, 0.25) is 0 Å². The van der Waals surface area contributed by atoms with Crippen molar-refractivity contribution in [3.05, 3.63) is 61.1 Å². The molecular weight excluding hydrogens is 382 g/mol. The molecule has 1 amide bonds. The van der Waals surface area contributed by atoms with Crippen LogP contribution < -0.4 is 16.6 Å². The minimum absolute atomic E-state index is 0.168. The molecule has 0 radical (unpaired) electrons. The van der Waals surface area contributed by atoms with Gasteiger partial charge in [0.15, 0.2) is 0 Å². The molecule has 0 spiro atoms. The summed E-state index contributed by atoms with van der Waals surface area (Å²) in [6.07, 6.45) is -4.95. The zero-order chi connectivity index (χ0) is 19.8. The van der Waals surface area contributed by atoms with E-state index in [4.69, 9.17) is 11.6 Å². The van der Waals surface area contributed by atoms with Gasteiger partial charge in [-0.15, -0.1) is 0 Å². The molecule has 2 rings (SSSR count). The summed E-state index contributed by atoms with van der Waals surface area (Å²) in [7, 11) is 0.791. The minimum atomic E-state index is -4.95. The highest BCUT2D eigenvalue weighted by molar-refractivity contribution is 6.33. The van der Waals surface area contributed by atoms with Crippen molar-refractivity contribution in [2.75, 3.05) is 6.54 Å². The SMILES string of the molecule is CCNC(=O)c1cc(-n2c(=O)cc(C(F)(F)F)n(C)c2=O)c(F)cc1Cl. The molecule has 0 aliphatic heterocycles. The molecule has 1 heterocycles. The molecule has 0 saturated carbocycles. The molecule has 0 fully saturated rings. The third-order valence-electron chi connectivity index (χ3n) is 3.47. The van der Waals surface area contributed by atoms with E-state index in [1.54, 1.807) is 6.92 Å². The van der Waals surface area contributed by atoms with Crippen LogP contribution in [-0.2, 0) is 13.2 Å². The maximum atomic E-state index is 14.2. The van der Waals surface area contributed by atoms with Crippen LogP contribution in [0.2, 0.25) is 5.02 Å². The summed E-state index contributed by atoms with van der Waals surface area (Å²) < 4.78 is 53.2. The fourth-order valence-corrected chi connectivity index (χ4v) is 2.49. The van der Waals surface area contributed by atoms with Gasteiger partial charge in [-0.3, -0.25) is 14.2 Å². The number of carbonyl (C=O) groups is 1. The number of carbonyl (C=O) groups excluding carboxylic acids is 1. The third-order valence-corrected chi connectivity index (χ3v) is 3.78. The predicted octanol–water partition coefficient (Wildman–Crippen LogP) is 2.10. The lowest BCUT2D eigenvalue weighted by molar-refractivity contribution is -0.144. The monoisotopic (exact) mass is 393 g/mol. The fourth-order valence-electron chi connectivity index (χ4n) is 2.26. The fraction of sp³-hybridized carbons (Fsp3) is 0.267. The van der Waals surface area contributed by atoms with Gasteiger partial charge in [-0.1, -0.05) is 11.6 Å². The average Bonchev–Trinajstić information content (AvgIpc) is 2.52. The highest BCUT2D eigenvalue weighted by atomic mass is 35.5. The molecule has 2 aromatic rings. The van der Waals surface area contributed by atoms with Crippen molar-refractivity contribution in [2.45, 2.75) is 13.1 Å². The highest BCUT2D eigenvalue weighted by Crippen LogP contribution is 2.27. The van der Waals surface area contributed by atoms with Crippen molar-refractivity contribution in [2.24, 2.45) is 7.05 Å². The molecule has 1 aromatic carbocycles. The van der Waals surface area contributed by atoms with Gasteiger partial charge in [0, 0.05) is 19.7 Å². The van der Waals surface area contributed by atoms with Crippen LogP contribution in [0.25, 0.3) is 5.69 Å². The van der Waals surface area contributed by atoms with E-state index in [1.807, 2.05) is 0 Å². The van der Waals surface area contributed by atoms with E-state index >= 15 is 0 Å². The van der Waals surface area contributed by atoms with Crippen LogP contribution in [-0.4, -0.2) is 21.6 Å². The van der Waals surface area contributed by atoms with Crippen LogP contribution in [0.4, 0.5) is 17.6 Å². The Hall–Kier alpha value is -2.62. The average molecular weight is 394 g/mol. The Morgan fingerprint density at radius 2 is 1.85 bits per heavy atom. The smallest absolute Gasteiger partial charge is 0.352 e. The topological polar surface area (TPSA) is 73.1 Å². The molecule has 6 nitrogen and oxygen atoms in total. The number of nitrogens with one attached hydrogen (secondary N) is 1. The molecule has 0 bridgehead atoms. The Kier molecular flexibility index (Phi) is 5.26. The Morgan fingerprint density at radius 1 is 1.23 bits per heavy atom. The molecule has 0 saturated heterocycles. The first-order valence-corrected chi connectivity index (χ1v) is 7.54. The first-order chi connectivity index (χ1) is 12.0. The van der Waals surface area contributed by atoms with Crippen molar-refractivity contribution < 1.29 is 22.4 Å². The van der Waals surface area contributed by atoms with Crippen molar-refractivity contribution >= 4 is 17.5 Å². The summed E-state index contributed by atoms with van der Waals surface area (Å²) in [6, 6.07) is 1.70. The molecule has 1 aromatic heterocycles. The van der Waals surface area contributed by atoms with Crippen LogP contribution >= 0.6 is 11.6 Å². The van der Waals surface area contributed by atoms with Crippen molar-refractivity contribution in [3.8, 4) is 5.69 Å². The summed E-state index contributed by atoms with van der Waals surface area (Å²) in [5.74, 6) is -1.85. The standard InChI is InChI=1S/C15H12ClF4N3O3/c1-3-21-13(25)7-4-10(9(17)5-8(7)16)23-12(24)6-11(15(18,19)20)22(2)14(23)26/h4-6H,3H2,1-2H3,(H,21,25). The van der Waals surface area contributed by atoms with Crippen molar-refractivity contribution in [3.63, 3.8) is 0 Å². The molecule has 140 valence electrons. The number of hydrogen-bond acceptors (Lipinski definition) is 3. The van der Waals surface area contributed by atoms with Gasteiger partial charge in [0.1, 0.15) is 11.5 Å². The first-order valence-electron chi connectivity index (χ1n) is 7.17. The molecule has 11 heteroatoms. The van der Waals surface area contributed by atoms with Gasteiger partial charge < -0.3 is 5.32 Å². The summed E-state index contributed by atoms with van der Waals surface area (Å²) in [6.45, 7) is 1.84. The van der Waals surface area contributed by atoms with Crippen LogP contribution in [0, 0.1) is 5.82 Å². The molecule has 0 unspecified atom stereocenters. The second-order valence-electron chi connectivity index (χ2n) is 5.19. The maximum absolute atomic E-state index is 14.2. The van der Waals surface area contributed by atoms with E-state index in [1.165, 1.54) is 0 Å². The van der Waals surface area contributed by atoms with E-state index in [0.717, 1.165) is 13.1 Å². The lowest BCUT2D eigenvalue weighted by atomic mass is 10.1. The van der Waals surface area contributed by atoms with Crippen molar-refractivity contribution in [1.82, 2.24) is 14.5 Å². The third kappa shape index (κ3) is 3.50. The van der Waals surface area contributed by atoms with E-state index in [0.29, 0.717) is 6.07 Å². The lowest BCUT2D eigenvalue weighted by Crippen LogP contribution is -2.41. The van der Waals surface area contributed by atoms with E-state index in [-0.39, 0.29) is 32.3 Å². The van der Waals surface area contributed by atoms with Crippen LogP contribution in [0.5, 0.6) is 0 Å². The van der Waals surface area contributed by atoms with Crippen molar-refractivity contribution in [1.29, 1.82) is 0 Å². The Bertz CT molecular complexity index is 995.